The first-order valence-corrected chi connectivity index (χ1v) is 5.68. The van der Waals surface area contributed by atoms with Crippen molar-refractivity contribution < 1.29 is 4.42 Å². The summed E-state index contributed by atoms with van der Waals surface area (Å²) in [5, 5.41) is 3.09. The van der Waals surface area contributed by atoms with Crippen molar-refractivity contribution in [2.24, 2.45) is 5.92 Å². The monoisotopic (exact) mass is 208 g/mol. The molecule has 3 heteroatoms. The van der Waals surface area contributed by atoms with Crippen LogP contribution in [0.1, 0.15) is 24.4 Å². The molecule has 1 aliphatic carbocycles. The molecule has 1 N–H and O–H groups in total. The van der Waals surface area contributed by atoms with Gasteiger partial charge in [-0.3, -0.25) is 4.90 Å². The molecule has 1 heterocycles. The van der Waals surface area contributed by atoms with Crippen LogP contribution in [-0.2, 0) is 13.1 Å². The highest BCUT2D eigenvalue weighted by molar-refractivity contribution is 5.06. The van der Waals surface area contributed by atoms with Crippen LogP contribution in [0.15, 0.2) is 16.5 Å². The second-order valence-electron chi connectivity index (χ2n) is 4.54. The fourth-order valence-corrected chi connectivity index (χ4v) is 1.85. The molecule has 3 nitrogen and oxygen atoms in total. The molecule has 0 aliphatic heterocycles. The number of hydrogen-bond acceptors (Lipinski definition) is 3. The van der Waals surface area contributed by atoms with Crippen LogP contribution in [-0.4, -0.2) is 25.5 Å². The summed E-state index contributed by atoms with van der Waals surface area (Å²) in [6.45, 7) is 2.95. The summed E-state index contributed by atoms with van der Waals surface area (Å²) in [6.07, 6.45) is 2.82. The van der Waals surface area contributed by atoms with E-state index in [1.165, 1.54) is 19.4 Å². The molecule has 0 aromatic carbocycles. The Morgan fingerprint density at radius 3 is 2.80 bits per heavy atom. The maximum atomic E-state index is 5.69. The second kappa shape index (κ2) is 4.81. The molecule has 2 rings (SSSR count). The summed E-state index contributed by atoms with van der Waals surface area (Å²) in [6, 6.07) is 4.13. The third kappa shape index (κ3) is 3.36. The largest absolute Gasteiger partial charge is 0.463 e. The van der Waals surface area contributed by atoms with Gasteiger partial charge in [-0.25, -0.2) is 0 Å². The topological polar surface area (TPSA) is 28.4 Å². The lowest BCUT2D eigenvalue weighted by molar-refractivity contribution is 0.280. The zero-order chi connectivity index (χ0) is 10.7. The van der Waals surface area contributed by atoms with Crippen molar-refractivity contribution in [2.75, 3.05) is 20.6 Å². The van der Waals surface area contributed by atoms with Crippen LogP contribution < -0.4 is 5.32 Å². The second-order valence-corrected chi connectivity index (χ2v) is 4.54. The third-order valence-corrected chi connectivity index (χ3v) is 2.76. The predicted molar refractivity (Wildman–Crippen MR) is 60.5 cm³/mol. The van der Waals surface area contributed by atoms with Crippen LogP contribution in [0.5, 0.6) is 0 Å². The molecule has 15 heavy (non-hydrogen) atoms. The van der Waals surface area contributed by atoms with E-state index in [0.717, 1.165) is 30.5 Å². The molecular weight excluding hydrogens is 188 g/mol. The van der Waals surface area contributed by atoms with Crippen molar-refractivity contribution >= 4 is 0 Å². The van der Waals surface area contributed by atoms with Gasteiger partial charge < -0.3 is 9.73 Å². The Morgan fingerprint density at radius 1 is 1.40 bits per heavy atom. The van der Waals surface area contributed by atoms with Crippen molar-refractivity contribution in [3.8, 4) is 0 Å². The molecule has 0 unspecified atom stereocenters. The fraction of sp³-hybridized carbons (Fsp3) is 0.667. The highest BCUT2D eigenvalue weighted by Crippen LogP contribution is 2.29. The van der Waals surface area contributed by atoms with Crippen LogP contribution in [0.25, 0.3) is 0 Å². The van der Waals surface area contributed by atoms with Crippen molar-refractivity contribution in [3.05, 3.63) is 23.7 Å². The Morgan fingerprint density at radius 2 is 2.13 bits per heavy atom. The standard InChI is InChI=1S/C12H20N2O/c1-13-7-11-5-6-12(15-11)9-14(2)8-10-3-4-10/h5-6,10,13H,3-4,7-9H2,1-2H3. The van der Waals surface area contributed by atoms with Crippen molar-refractivity contribution in [2.45, 2.75) is 25.9 Å². The van der Waals surface area contributed by atoms with E-state index in [-0.39, 0.29) is 0 Å². The van der Waals surface area contributed by atoms with Gasteiger partial charge in [-0.1, -0.05) is 0 Å². The van der Waals surface area contributed by atoms with Crippen molar-refractivity contribution in [1.82, 2.24) is 10.2 Å². The smallest absolute Gasteiger partial charge is 0.118 e. The third-order valence-electron chi connectivity index (χ3n) is 2.76. The van der Waals surface area contributed by atoms with E-state index in [1.807, 2.05) is 7.05 Å². The molecule has 0 atom stereocenters. The Hall–Kier alpha value is -0.800. The number of furan rings is 1. The van der Waals surface area contributed by atoms with E-state index in [2.05, 4.69) is 29.4 Å². The predicted octanol–water partition coefficient (Wildman–Crippen LogP) is 1.84. The fourth-order valence-electron chi connectivity index (χ4n) is 1.85. The molecule has 84 valence electrons. The molecule has 0 saturated heterocycles. The van der Waals surface area contributed by atoms with Crippen LogP contribution in [0.2, 0.25) is 0 Å². The number of nitrogens with zero attached hydrogens (tertiary/aromatic N) is 1. The van der Waals surface area contributed by atoms with E-state index < -0.39 is 0 Å². The molecule has 0 spiro atoms. The summed E-state index contributed by atoms with van der Waals surface area (Å²) in [7, 11) is 4.10. The first-order valence-electron chi connectivity index (χ1n) is 5.68. The van der Waals surface area contributed by atoms with Gasteiger partial charge in [0.15, 0.2) is 0 Å². The highest BCUT2D eigenvalue weighted by Gasteiger charge is 2.22. The molecular formula is C12H20N2O. The van der Waals surface area contributed by atoms with Gasteiger partial charge in [0.2, 0.25) is 0 Å². The average molecular weight is 208 g/mol. The normalized spacial score (nSPS) is 16.2. The maximum Gasteiger partial charge on any atom is 0.118 e. The van der Waals surface area contributed by atoms with E-state index in [4.69, 9.17) is 4.42 Å². The van der Waals surface area contributed by atoms with Crippen LogP contribution in [0.3, 0.4) is 0 Å². The Bertz CT molecular complexity index is 304. The summed E-state index contributed by atoms with van der Waals surface area (Å²) in [5.41, 5.74) is 0. The van der Waals surface area contributed by atoms with Crippen molar-refractivity contribution in [3.63, 3.8) is 0 Å². The lowest BCUT2D eigenvalue weighted by Gasteiger charge is -2.13. The maximum absolute atomic E-state index is 5.69. The lowest BCUT2D eigenvalue weighted by atomic mass is 10.3. The van der Waals surface area contributed by atoms with E-state index in [1.54, 1.807) is 0 Å². The Labute approximate surface area is 91.4 Å². The Kier molecular flexibility index (Phi) is 3.44. The first-order chi connectivity index (χ1) is 7.28. The van der Waals surface area contributed by atoms with Crippen LogP contribution >= 0.6 is 0 Å². The van der Waals surface area contributed by atoms with Gasteiger partial charge in [0.05, 0.1) is 13.1 Å². The molecule has 0 bridgehead atoms. The summed E-state index contributed by atoms with van der Waals surface area (Å²) in [4.78, 5) is 2.35. The van der Waals surface area contributed by atoms with E-state index in [9.17, 15) is 0 Å². The molecule has 1 aromatic rings. The number of rotatable bonds is 6. The minimum Gasteiger partial charge on any atom is -0.463 e. The van der Waals surface area contributed by atoms with Gasteiger partial charge in [0.1, 0.15) is 11.5 Å². The lowest BCUT2D eigenvalue weighted by Crippen LogP contribution is -2.19. The van der Waals surface area contributed by atoms with Gasteiger partial charge in [0, 0.05) is 6.54 Å². The molecule has 1 aromatic heterocycles. The average Bonchev–Trinajstić information content (AvgIpc) is 2.88. The van der Waals surface area contributed by atoms with Gasteiger partial charge in [0.25, 0.3) is 0 Å². The van der Waals surface area contributed by atoms with Crippen molar-refractivity contribution in [1.29, 1.82) is 0 Å². The van der Waals surface area contributed by atoms with Crippen LogP contribution in [0, 0.1) is 5.92 Å². The number of hydrogen-bond donors (Lipinski definition) is 1. The molecule has 1 fully saturated rings. The van der Waals surface area contributed by atoms with Gasteiger partial charge in [-0.05, 0) is 45.0 Å². The van der Waals surface area contributed by atoms with Gasteiger partial charge >= 0.3 is 0 Å². The summed E-state index contributed by atoms with van der Waals surface area (Å²) < 4.78 is 5.69. The highest BCUT2D eigenvalue weighted by atomic mass is 16.3. The molecule has 0 amide bonds. The SMILES string of the molecule is CNCc1ccc(CN(C)CC2CC2)o1. The first kappa shape index (κ1) is 10.7. The van der Waals surface area contributed by atoms with E-state index >= 15 is 0 Å². The molecule has 1 aliphatic rings. The van der Waals surface area contributed by atoms with Gasteiger partial charge in [-0.2, -0.15) is 0 Å². The number of nitrogens with one attached hydrogen (secondary N) is 1. The molecule has 0 radical (unpaired) electrons. The van der Waals surface area contributed by atoms with E-state index in [0.29, 0.717) is 0 Å². The molecule has 1 saturated carbocycles. The summed E-state index contributed by atoms with van der Waals surface area (Å²) >= 11 is 0. The zero-order valence-corrected chi connectivity index (χ0v) is 9.62. The Balaban J connectivity index is 1.80. The van der Waals surface area contributed by atoms with Gasteiger partial charge in [-0.15, -0.1) is 0 Å². The zero-order valence-electron chi connectivity index (χ0n) is 9.62. The quantitative estimate of drug-likeness (QED) is 0.773. The minimum absolute atomic E-state index is 0.812. The minimum atomic E-state index is 0.812. The van der Waals surface area contributed by atoms with Crippen LogP contribution in [0.4, 0.5) is 0 Å². The summed E-state index contributed by atoms with van der Waals surface area (Å²) in [5.74, 6) is 3.04.